The first-order valence-electron chi connectivity index (χ1n) is 4.56. The van der Waals surface area contributed by atoms with Crippen molar-refractivity contribution in [2.45, 2.75) is 12.7 Å². The maximum Gasteiger partial charge on any atom is 0.416 e. The summed E-state index contributed by atoms with van der Waals surface area (Å²) in [6.07, 6.45) is -4.54. The molecule has 1 aromatic rings. The average Bonchev–Trinajstić information content (AvgIpc) is 2.55. The second-order valence-corrected chi connectivity index (χ2v) is 3.37. The molecule has 0 spiro atoms. The summed E-state index contributed by atoms with van der Waals surface area (Å²) in [7, 11) is 0. The van der Waals surface area contributed by atoms with E-state index in [9.17, 15) is 22.8 Å². The standard InChI is InChI=1S/C10H6F3NO3/c11-10(12,13)8-3-1-2-6-7(8)4-14(9(6)16)17-5-15/h1-3,5H,4H2. The topological polar surface area (TPSA) is 46.6 Å². The van der Waals surface area contributed by atoms with Gasteiger partial charge in [-0.3, -0.25) is 9.59 Å². The van der Waals surface area contributed by atoms with Crippen molar-refractivity contribution in [1.29, 1.82) is 0 Å². The Bertz CT molecular complexity index is 484. The van der Waals surface area contributed by atoms with Crippen LogP contribution in [0.15, 0.2) is 18.2 Å². The highest BCUT2D eigenvalue weighted by Crippen LogP contribution is 2.36. The number of carbonyl (C=O) groups excluding carboxylic acids is 2. The van der Waals surface area contributed by atoms with Crippen molar-refractivity contribution >= 4 is 12.4 Å². The summed E-state index contributed by atoms with van der Waals surface area (Å²) in [5.41, 5.74) is -1.16. The maximum atomic E-state index is 12.6. The molecule has 0 bridgehead atoms. The smallest absolute Gasteiger partial charge is 0.341 e. The van der Waals surface area contributed by atoms with Gasteiger partial charge in [0.1, 0.15) is 0 Å². The van der Waals surface area contributed by atoms with E-state index in [4.69, 9.17) is 0 Å². The third kappa shape index (κ3) is 1.83. The number of halogens is 3. The monoisotopic (exact) mass is 245 g/mol. The van der Waals surface area contributed by atoms with Crippen LogP contribution in [-0.2, 0) is 22.4 Å². The average molecular weight is 245 g/mol. The summed E-state index contributed by atoms with van der Waals surface area (Å²) >= 11 is 0. The van der Waals surface area contributed by atoms with Crippen LogP contribution in [0, 0.1) is 0 Å². The first-order chi connectivity index (χ1) is 7.95. The van der Waals surface area contributed by atoms with Gasteiger partial charge in [0.15, 0.2) is 0 Å². The summed E-state index contributed by atoms with van der Waals surface area (Å²) in [6.45, 7) is -0.389. The van der Waals surface area contributed by atoms with Crippen molar-refractivity contribution in [3.05, 3.63) is 34.9 Å². The molecule has 1 aliphatic heterocycles. The minimum atomic E-state index is -4.54. The lowest BCUT2D eigenvalue weighted by molar-refractivity contribution is -0.162. The Labute approximate surface area is 93.5 Å². The molecule has 17 heavy (non-hydrogen) atoms. The maximum absolute atomic E-state index is 12.6. The lowest BCUT2D eigenvalue weighted by Crippen LogP contribution is -2.23. The quantitative estimate of drug-likeness (QED) is 0.746. The Balaban J connectivity index is 2.47. The zero-order chi connectivity index (χ0) is 12.6. The molecule has 1 aromatic carbocycles. The van der Waals surface area contributed by atoms with Gasteiger partial charge in [0, 0.05) is 11.1 Å². The molecule has 0 atom stereocenters. The zero-order valence-electron chi connectivity index (χ0n) is 8.32. The molecule has 2 rings (SSSR count). The van der Waals surface area contributed by atoms with Gasteiger partial charge < -0.3 is 4.84 Å². The molecule has 0 aliphatic carbocycles. The number of hydroxylamine groups is 2. The van der Waals surface area contributed by atoms with Crippen LogP contribution in [0.2, 0.25) is 0 Å². The molecule has 90 valence electrons. The highest BCUT2D eigenvalue weighted by atomic mass is 19.4. The van der Waals surface area contributed by atoms with Crippen molar-refractivity contribution in [2.75, 3.05) is 0 Å². The second-order valence-electron chi connectivity index (χ2n) is 3.37. The predicted molar refractivity (Wildman–Crippen MR) is 48.5 cm³/mol. The normalized spacial score (nSPS) is 14.8. The van der Waals surface area contributed by atoms with Gasteiger partial charge in [0.2, 0.25) is 0 Å². The molecular weight excluding hydrogens is 239 g/mol. The van der Waals surface area contributed by atoms with Gasteiger partial charge in [-0.25, -0.2) is 0 Å². The number of benzene rings is 1. The fourth-order valence-electron chi connectivity index (χ4n) is 1.71. The van der Waals surface area contributed by atoms with Crippen LogP contribution in [0.1, 0.15) is 21.5 Å². The number of amides is 1. The lowest BCUT2D eigenvalue weighted by atomic mass is 10.0. The molecule has 7 heteroatoms. The van der Waals surface area contributed by atoms with E-state index in [1.807, 2.05) is 0 Å². The molecule has 0 aromatic heterocycles. The largest absolute Gasteiger partial charge is 0.416 e. The minimum Gasteiger partial charge on any atom is -0.341 e. The summed E-state index contributed by atoms with van der Waals surface area (Å²) in [5, 5.41) is 0.590. The summed E-state index contributed by atoms with van der Waals surface area (Å²) in [4.78, 5) is 25.9. The van der Waals surface area contributed by atoms with Gasteiger partial charge in [-0.2, -0.15) is 18.2 Å². The van der Waals surface area contributed by atoms with E-state index in [0.717, 1.165) is 12.1 Å². The third-order valence-electron chi connectivity index (χ3n) is 2.41. The van der Waals surface area contributed by atoms with Crippen LogP contribution >= 0.6 is 0 Å². The number of carbonyl (C=O) groups is 2. The molecule has 4 nitrogen and oxygen atoms in total. The fourth-order valence-corrected chi connectivity index (χ4v) is 1.71. The van der Waals surface area contributed by atoms with E-state index in [1.54, 1.807) is 0 Å². The highest BCUT2D eigenvalue weighted by molar-refractivity contribution is 5.98. The number of hydrogen-bond donors (Lipinski definition) is 0. The van der Waals surface area contributed by atoms with E-state index in [1.165, 1.54) is 6.07 Å². The van der Waals surface area contributed by atoms with Crippen LogP contribution in [0.5, 0.6) is 0 Å². The van der Waals surface area contributed by atoms with Gasteiger partial charge >= 0.3 is 12.6 Å². The molecule has 1 heterocycles. The second kappa shape index (κ2) is 3.76. The molecule has 1 aliphatic rings. The van der Waals surface area contributed by atoms with Gasteiger partial charge in [0.25, 0.3) is 5.91 Å². The van der Waals surface area contributed by atoms with Crippen molar-refractivity contribution in [3.8, 4) is 0 Å². The van der Waals surface area contributed by atoms with Crippen LogP contribution in [0.4, 0.5) is 13.2 Å². The lowest BCUT2D eigenvalue weighted by Gasteiger charge is -2.11. The first-order valence-corrected chi connectivity index (χ1v) is 4.56. The number of alkyl halides is 3. The Hall–Kier alpha value is -2.05. The Morgan fingerprint density at radius 2 is 2.06 bits per heavy atom. The summed E-state index contributed by atoms with van der Waals surface area (Å²) < 4.78 is 37.9. The van der Waals surface area contributed by atoms with Crippen molar-refractivity contribution < 1.29 is 27.6 Å². The van der Waals surface area contributed by atoms with Gasteiger partial charge in [-0.15, -0.1) is 0 Å². The van der Waals surface area contributed by atoms with Crippen LogP contribution in [0.3, 0.4) is 0 Å². The molecule has 0 N–H and O–H groups in total. The number of fused-ring (bicyclic) bond motifs is 1. The van der Waals surface area contributed by atoms with Gasteiger partial charge in [-0.1, -0.05) is 6.07 Å². The van der Waals surface area contributed by atoms with Gasteiger partial charge in [-0.05, 0) is 12.1 Å². The predicted octanol–water partition coefficient (Wildman–Crippen LogP) is 1.75. The van der Waals surface area contributed by atoms with Crippen molar-refractivity contribution in [2.24, 2.45) is 0 Å². The Morgan fingerprint density at radius 1 is 1.35 bits per heavy atom. The molecule has 0 saturated carbocycles. The molecule has 0 unspecified atom stereocenters. The van der Waals surface area contributed by atoms with Crippen LogP contribution in [-0.4, -0.2) is 17.4 Å². The van der Waals surface area contributed by atoms with Crippen molar-refractivity contribution in [1.82, 2.24) is 5.06 Å². The SMILES string of the molecule is O=CON1Cc2c(cccc2C(F)(F)F)C1=O. The van der Waals surface area contributed by atoms with Gasteiger partial charge in [0.05, 0.1) is 12.1 Å². The van der Waals surface area contributed by atoms with Crippen LogP contribution < -0.4 is 0 Å². The van der Waals surface area contributed by atoms with Crippen LogP contribution in [0.25, 0.3) is 0 Å². The molecular formula is C10H6F3NO3. The number of nitrogens with zero attached hydrogens (tertiary/aromatic N) is 1. The number of hydrogen-bond acceptors (Lipinski definition) is 3. The highest BCUT2D eigenvalue weighted by Gasteiger charge is 2.39. The summed E-state index contributed by atoms with van der Waals surface area (Å²) in [6, 6.07) is 3.29. The molecule has 0 saturated heterocycles. The van der Waals surface area contributed by atoms with E-state index in [0.29, 0.717) is 5.06 Å². The van der Waals surface area contributed by atoms with E-state index in [-0.39, 0.29) is 24.1 Å². The molecule has 0 radical (unpaired) electrons. The third-order valence-corrected chi connectivity index (χ3v) is 2.41. The van der Waals surface area contributed by atoms with Crippen molar-refractivity contribution in [3.63, 3.8) is 0 Å². The number of rotatable bonds is 2. The summed E-state index contributed by atoms with van der Waals surface area (Å²) in [5.74, 6) is -0.752. The van der Waals surface area contributed by atoms with E-state index >= 15 is 0 Å². The fraction of sp³-hybridized carbons (Fsp3) is 0.200. The zero-order valence-corrected chi connectivity index (χ0v) is 8.32. The molecule has 1 amide bonds. The van der Waals surface area contributed by atoms with E-state index < -0.39 is 17.6 Å². The first kappa shape index (κ1) is 11.4. The Morgan fingerprint density at radius 3 is 2.65 bits per heavy atom. The molecule has 0 fully saturated rings. The minimum absolute atomic E-state index is 0.00293. The Kier molecular flexibility index (Phi) is 2.53. The van der Waals surface area contributed by atoms with E-state index in [2.05, 4.69) is 4.84 Å².